The van der Waals surface area contributed by atoms with Crippen LogP contribution in [0.25, 0.3) is 11.3 Å². The van der Waals surface area contributed by atoms with Gasteiger partial charge in [-0.3, -0.25) is 9.59 Å². The van der Waals surface area contributed by atoms with Crippen LogP contribution in [-0.2, 0) is 6.54 Å². The molecule has 1 saturated heterocycles. The van der Waals surface area contributed by atoms with Crippen LogP contribution in [0.5, 0.6) is 0 Å². The molecule has 1 fully saturated rings. The van der Waals surface area contributed by atoms with Crippen LogP contribution in [0.2, 0.25) is 0 Å². The Kier molecular flexibility index (Phi) is 5.25. The molecule has 1 unspecified atom stereocenters. The van der Waals surface area contributed by atoms with Gasteiger partial charge in [-0.15, -0.1) is 5.10 Å². The zero-order valence-electron chi connectivity index (χ0n) is 16.9. The van der Waals surface area contributed by atoms with Crippen LogP contribution in [0.1, 0.15) is 33.0 Å². The van der Waals surface area contributed by atoms with Gasteiger partial charge in [-0.25, -0.2) is 18.4 Å². The van der Waals surface area contributed by atoms with Gasteiger partial charge in [0, 0.05) is 19.0 Å². The monoisotopic (exact) mass is 430 g/mol. The topological polar surface area (TPSA) is 106 Å². The van der Waals surface area contributed by atoms with Gasteiger partial charge in [0.2, 0.25) is 0 Å². The fourth-order valence-corrected chi connectivity index (χ4v) is 3.66. The van der Waals surface area contributed by atoms with E-state index in [1.807, 2.05) is 25.1 Å². The number of rotatable bonds is 5. The van der Waals surface area contributed by atoms with Crippen molar-refractivity contribution in [3.8, 4) is 11.3 Å². The highest BCUT2D eigenvalue weighted by Crippen LogP contribution is 2.35. The Hall–Kier alpha value is -3.63. The molecule has 2 amide bonds. The first kappa shape index (κ1) is 20.6. The molecule has 0 saturated carbocycles. The van der Waals surface area contributed by atoms with Crippen molar-refractivity contribution in [1.82, 2.24) is 30.2 Å². The Balaban J connectivity index is 1.60. The lowest BCUT2D eigenvalue weighted by Gasteiger charge is -2.23. The highest BCUT2D eigenvalue weighted by molar-refractivity contribution is 5.98. The number of halogens is 2. The molecule has 0 radical (unpaired) electrons. The fraction of sp³-hybridized carbons (Fsp3) is 0.350. The molecule has 162 valence electrons. The van der Waals surface area contributed by atoms with Gasteiger partial charge in [0.05, 0.1) is 25.3 Å². The van der Waals surface area contributed by atoms with Crippen molar-refractivity contribution in [3.05, 3.63) is 53.8 Å². The first-order valence-corrected chi connectivity index (χ1v) is 9.59. The number of amides is 2. The molecule has 0 spiro atoms. The van der Waals surface area contributed by atoms with Crippen LogP contribution in [0, 0.1) is 6.92 Å². The number of hydrogen-bond donors (Lipinski definition) is 1. The maximum atomic E-state index is 14.3. The second kappa shape index (κ2) is 7.89. The van der Waals surface area contributed by atoms with E-state index in [1.165, 1.54) is 17.9 Å². The average molecular weight is 430 g/mol. The third-order valence-electron chi connectivity index (χ3n) is 5.08. The SMILES string of the molecule is CNC(=O)c1cn(CC2CC(F)(F)CN2C(=O)c2ncoc2-c2cccc(C)c2)nn1. The second-order valence-electron chi connectivity index (χ2n) is 7.45. The molecule has 1 aromatic carbocycles. The van der Waals surface area contributed by atoms with Crippen LogP contribution >= 0.6 is 0 Å². The van der Waals surface area contributed by atoms with Crippen LogP contribution < -0.4 is 5.32 Å². The van der Waals surface area contributed by atoms with Crippen molar-refractivity contribution < 1.29 is 22.8 Å². The van der Waals surface area contributed by atoms with Gasteiger partial charge < -0.3 is 14.6 Å². The van der Waals surface area contributed by atoms with E-state index in [-0.39, 0.29) is 23.7 Å². The lowest BCUT2D eigenvalue weighted by atomic mass is 10.1. The Labute approximate surface area is 176 Å². The molecular formula is C20H20F2N6O3. The molecule has 3 aromatic rings. The van der Waals surface area contributed by atoms with Crippen molar-refractivity contribution in [3.63, 3.8) is 0 Å². The molecule has 11 heteroatoms. The van der Waals surface area contributed by atoms with E-state index in [9.17, 15) is 18.4 Å². The normalized spacial score (nSPS) is 17.7. The summed E-state index contributed by atoms with van der Waals surface area (Å²) in [6, 6.07) is 6.43. The van der Waals surface area contributed by atoms with Crippen molar-refractivity contribution in [2.75, 3.05) is 13.6 Å². The van der Waals surface area contributed by atoms with Crippen molar-refractivity contribution in [2.24, 2.45) is 0 Å². The quantitative estimate of drug-likeness (QED) is 0.665. The van der Waals surface area contributed by atoms with E-state index in [1.54, 1.807) is 6.07 Å². The van der Waals surface area contributed by atoms with E-state index in [2.05, 4.69) is 20.6 Å². The van der Waals surface area contributed by atoms with Crippen LogP contribution in [0.4, 0.5) is 8.78 Å². The van der Waals surface area contributed by atoms with Gasteiger partial charge in [-0.05, 0) is 13.0 Å². The number of benzene rings is 1. The summed E-state index contributed by atoms with van der Waals surface area (Å²) in [5.74, 6) is -3.93. The molecule has 1 aliphatic heterocycles. The van der Waals surface area contributed by atoms with Gasteiger partial charge in [0.1, 0.15) is 0 Å². The summed E-state index contributed by atoms with van der Waals surface area (Å²) >= 11 is 0. The maximum Gasteiger partial charge on any atom is 0.277 e. The zero-order chi connectivity index (χ0) is 22.2. The second-order valence-corrected chi connectivity index (χ2v) is 7.45. The van der Waals surface area contributed by atoms with Crippen LogP contribution in [0.3, 0.4) is 0 Å². The van der Waals surface area contributed by atoms with Gasteiger partial charge in [-0.2, -0.15) is 0 Å². The van der Waals surface area contributed by atoms with Crippen LogP contribution in [-0.4, -0.2) is 62.2 Å². The Bertz CT molecular complexity index is 1130. The van der Waals surface area contributed by atoms with E-state index in [0.29, 0.717) is 5.56 Å². The number of hydrogen-bond acceptors (Lipinski definition) is 6. The van der Waals surface area contributed by atoms with Gasteiger partial charge in [-0.1, -0.05) is 29.0 Å². The predicted molar refractivity (Wildman–Crippen MR) is 104 cm³/mol. The van der Waals surface area contributed by atoms with Gasteiger partial charge in [0.15, 0.2) is 23.5 Å². The smallest absolute Gasteiger partial charge is 0.277 e. The van der Waals surface area contributed by atoms with Crippen LogP contribution in [0.15, 0.2) is 41.3 Å². The molecule has 3 heterocycles. The molecule has 9 nitrogen and oxygen atoms in total. The standard InChI is InChI=1S/C20H20F2N6O3/c1-12-4-3-5-13(6-12)17-16(24-11-31-17)19(30)28-10-20(21,22)7-14(28)8-27-9-15(25-26-27)18(29)23-2/h3-6,9,11,14H,7-8,10H2,1-2H3,(H,23,29). The molecule has 1 N–H and O–H groups in total. The number of nitrogens with zero attached hydrogens (tertiary/aromatic N) is 5. The number of nitrogens with one attached hydrogen (secondary N) is 1. The number of oxazole rings is 1. The van der Waals surface area contributed by atoms with Crippen molar-refractivity contribution in [2.45, 2.75) is 31.9 Å². The Morgan fingerprint density at radius 1 is 1.35 bits per heavy atom. The number of carbonyl (C=O) groups is 2. The van der Waals surface area contributed by atoms with E-state index in [4.69, 9.17) is 4.42 Å². The average Bonchev–Trinajstić information content (AvgIpc) is 3.45. The summed E-state index contributed by atoms with van der Waals surface area (Å²) in [5.41, 5.74) is 1.62. The number of aromatic nitrogens is 4. The Morgan fingerprint density at radius 2 is 2.16 bits per heavy atom. The number of aryl methyl sites for hydroxylation is 1. The number of likely N-dealkylation sites (tertiary alicyclic amines) is 1. The van der Waals surface area contributed by atoms with E-state index in [0.717, 1.165) is 16.9 Å². The molecule has 0 bridgehead atoms. The van der Waals surface area contributed by atoms with Gasteiger partial charge in [0.25, 0.3) is 17.7 Å². The Morgan fingerprint density at radius 3 is 2.90 bits per heavy atom. The number of alkyl halides is 2. The molecule has 4 rings (SSSR count). The predicted octanol–water partition coefficient (Wildman–Crippen LogP) is 2.15. The lowest BCUT2D eigenvalue weighted by molar-refractivity contribution is 0.0117. The molecule has 0 aliphatic carbocycles. The molecule has 31 heavy (non-hydrogen) atoms. The van der Waals surface area contributed by atoms with E-state index < -0.39 is 36.7 Å². The third-order valence-corrected chi connectivity index (χ3v) is 5.08. The largest absolute Gasteiger partial charge is 0.443 e. The van der Waals surface area contributed by atoms with E-state index >= 15 is 0 Å². The summed E-state index contributed by atoms with van der Waals surface area (Å²) in [7, 11) is 1.45. The summed E-state index contributed by atoms with van der Waals surface area (Å²) in [5, 5.41) is 9.96. The highest BCUT2D eigenvalue weighted by atomic mass is 19.3. The highest BCUT2D eigenvalue weighted by Gasteiger charge is 2.48. The minimum Gasteiger partial charge on any atom is -0.443 e. The maximum absolute atomic E-state index is 14.3. The molecule has 1 atom stereocenters. The summed E-state index contributed by atoms with van der Waals surface area (Å²) in [4.78, 5) is 29.9. The fourth-order valence-electron chi connectivity index (χ4n) is 3.66. The molecule has 2 aromatic heterocycles. The molecular weight excluding hydrogens is 410 g/mol. The third kappa shape index (κ3) is 4.16. The summed E-state index contributed by atoms with van der Waals surface area (Å²) in [6.45, 7) is 1.11. The molecule has 1 aliphatic rings. The lowest BCUT2D eigenvalue weighted by Crippen LogP contribution is -2.39. The summed E-state index contributed by atoms with van der Waals surface area (Å²) < 4.78 is 35.2. The number of carbonyl (C=O) groups excluding carboxylic acids is 2. The minimum absolute atomic E-state index is 0.0297. The van der Waals surface area contributed by atoms with Crippen molar-refractivity contribution >= 4 is 11.8 Å². The summed E-state index contributed by atoms with van der Waals surface area (Å²) in [6.07, 6.45) is 1.94. The zero-order valence-corrected chi connectivity index (χ0v) is 16.9. The first-order chi connectivity index (χ1) is 14.8. The van der Waals surface area contributed by atoms with Crippen molar-refractivity contribution in [1.29, 1.82) is 0 Å². The minimum atomic E-state index is -3.06. The van der Waals surface area contributed by atoms with Gasteiger partial charge >= 0.3 is 0 Å². The first-order valence-electron chi connectivity index (χ1n) is 9.59.